The van der Waals surface area contributed by atoms with Crippen LogP contribution in [0, 0.1) is 0 Å². The molecule has 0 radical (unpaired) electrons. The molecule has 0 heterocycles. The van der Waals surface area contributed by atoms with E-state index in [9.17, 15) is 9.59 Å². The van der Waals surface area contributed by atoms with E-state index in [1.54, 1.807) is 12.1 Å². The van der Waals surface area contributed by atoms with Crippen molar-refractivity contribution in [2.75, 3.05) is 0 Å². The van der Waals surface area contributed by atoms with Crippen molar-refractivity contribution in [3.63, 3.8) is 0 Å². The first-order valence-corrected chi connectivity index (χ1v) is 4.89. The predicted molar refractivity (Wildman–Crippen MR) is 57.0 cm³/mol. The van der Waals surface area contributed by atoms with Gasteiger partial charge in [-0.1, -0.05) is 24.3 Å². The molecule has 0 spiro atoms. The summed E-state index contributed by atoms with van der Waals surface area (Å²) in [5, 5.41) is 18.0. The van der Waals surface area contributed by atoms with Gasteiger partial charge in [-0.25, -0.2) is 9.59 Å². The van der Waals surface area contributed by atoms with Crippen LogP contribution in [-0.2, 0) is 16.0 Å². The molecular weight excluding hydrogens is 208 g/mol. The quantitative estimate of drug-likeness (QED) is 0.789. The molecule has 1 aliphatic carbocycles. The first kappa shape index (κ1) is 10.4. The highest BCUT2D eigenvalue weighted by Gasteiger charge is 2.27. The second-order valence-electron chi connectivity index (χ2n) is 3.62. The minimum Gasteiger partial charge on any atom is -0.478 e. The van der Waals surface area contributed by atoms with E-state index in [0.29, 0.717) is 12.0 Å². The number of carboxylic acids is 2. The molecule has 0 atom stereocenters. The Bertz CT molecular complexity index is 499. The Hall–Kier alpha value is -2.10. The van der Waals surface area contributed by atoms with Gasteiger partial charge in [-0.05, 0) is 24.0 Å². The third-order valence-electron chi connectivity index (χ3n) is 2.70. The fourth-order valence-electron chi connectivity index (χ4n) is 1.99. The lowest BCUT2D eigenvalue weighted by Gasteiger charge is -2.18. The number of carboxylic acid groups (broad SMARTS) is 2. The normalized spacial score (nSPS) is 14.5. The summed E-state index contributed by atoms with van der Waals surface area (Å²) in [6.45, 7) is 0. The van der Waals surface area contributed by atoms with E-state index in [-0.39, 0.29) is 17.6 Å². The van der Waals surface area contributed by atoms with Crippen molar-refractivity contribution in [3.8, 4) is 0 Å². The largest absolute Gasteiger partial charge is 0.478 e. The van der Waals surface area contributed by atoms with Crippen LogP contribution >= 0.6 is 0 Å². The summed E-state index contributed by atoms with van der Waals surface area (Å²) in [4.78, 5) is 22.1. The van der Waals surface area contributed by atoms with Gasteiger partial charge in [-0.2, -0.15) is 0 Å². The summed E-state index contributed by atoms with van der Waals surface area (Å²) < 4.78 is 0. The Balaban J connectivity index is 2.67. The van der Waals surface area contributed by atoms with E-state index in [0.717, 1.165) is 5.56 Å². The highest BCUT2D eigenvalue weighted by Crippen LogP contribution is 2.31. The number of hydrogen-bond donors (Lipinski definition) is 2. The second-order valence-corrected chi connectivity index (χ2v) is 3.62. The van der Waals surface area contributed by atoms with Crippen LogP contribution in [0.1, 0.15) is 17.5 Å². The third kappa shape index (κ3) is 1.58. The zero-order valence-corrected chi connectivity index (χ0v) is 8.43. The van der Waals surface area contributed by atoms with Crippen molar-refractivity contribution >= 4 is 17.5 Å². The fraction of sp³-hybridized carbons (Fsp3) is 0.167. The van der Waals surface area contributed by atoms with Gasteiger partial charge in [0.2, 0.25) is 0 Å². The van der Waals surface area contributed by atoms with Crippen molar-refractivity contribution in [1.29, 1.82) is 0 Å². The first-order chi connectivity index (χ1) is 7.61. The molecule has 1 aromatic rings. The van der Waals surface area contributed by atoms with E-state index in [4.69, 9.17) is 10.2 Å². The van der Waals surface area contributed by atoms with Gasteiger partial charge in [0.1, 0.15) is 0 Å². The van der Waals surface area contributed by atoms with Gasteiger partial charge in [0.25, 0.3) is 0 Å². The fourth-order valence-corrected chi connectivity index (χ4v) is 1.99. The maximum Gasteiger partial charge on any atom is 0.336 e. The number of hydrogen-bond acceptors (Lipinski definition) is 2. The molecule has 1 aliphatic rings. The molecule has 0 saturated heterocycles. The van der Waals surface area contributed by atoms with Gasteiger partial charge in [0.15, 0.2) is 0 Å². The summed E-state index contributed by atoms with van der Waals surface area (Å²) in [7, 11) is 0. The van der Waals surface area contributed by atoms with Gasteiger partial charge < -0.3 is 10.2 Å². The van der Waals surface area contributed by atoms with Crippen LogP contribution < -0.4 is 0 Å². The molecule has 82 valence electrons. The number of rotatable bonds is 2. The molecule has 0 saturated carbocycles. The summed E-state index contributed by atoms with van der Waals surface area (Å²) in [5.41, 5.74) is 1.34. The predicted octanol–water partition coefficient (Wildman–Crippen LogP) is 1.56. The van der Waals surface area contributed by atoms with Crippen LogP contribution in [0.15, 0.2) is 29.8 Å². The average Bonchev–Trinajstić information content (AvgIpc) is 2.27. The standard InChI is InChI=1S/C12H10O4/c13-11(14)9-6-5-7-3-1-2-4-8(7)10(9)12(15)16/h1-4H,5-6H2,(H,13,14)(H,15,16). The van der Waals surface area contributed by atoms with Crippen molar-refractivity contribution in [2.45, 2.75) is 12.8 Å². The number of aryl methyl sites for hydroxylation is 1. The summed E-state index contributed by atoms with van der Waals surface area (Å²) in [6.07, 6.45) is 0.850. The van der Waals surface area contributed by atoms with E-state index < -0.39 is 11.9 Å². The van der Waals surface area contributed by atoms with Gasteiger partial charge in [0, 0.05) is 0 Å². The van der Waals surface area contributed by atoms with Gasteiger partial charge in [-0.15, -0.1) is 0 Å². The molecule has 4 nitrogen and oxygen atoms in total. The average molecular weight is 218 g/mol. The Morgan fingerprint density at radius 1 is 1.00 bits per heavy atom. The van der Waals surface area contributed by atoms with E-state index in [1.165, 1.54) is 0 Å². The molecule has 0 fully saturated rings. The Labute approximate surface area is 91.8 Å². The molecule has 0 aromatic heterocycles. The van der Waals surface area contributed by atoms with Crippen LogP contribution in [0.2, 0.25) is 0 Å². The molecule has 0 aliphatic heterocycles. The maximum absolute atomic E-state index is 11.1. The van der Waals surface area contributed by atoms with Gasteiger partial charge in [0.05, 0.1) is 11.1 Å². The lowest BCUT2D eigenvalue weighted by molar-refractivity contribution is -0.134. The molecule has 2 rings (SSSR count). The third-order valence-corrected chi connectivity index (χ3v) is 2.70. The summed E-state index contributed by atoms with van der Waals surface area (Å²) >= 11 is 0. The van der Waals surface area contributed by atoms with Crippen LogP contribution in [-0.4, -0.2) is 22.2 Å². The number of carbonyl (C=O) groups is 2. The smallest absolute Gasteiger partial charge is 0.336 e. The zero-order valence-electron chi connectivity index (χ0n) is 8.43. The molecule has 1 aromatic carbocycles. The van der Waals surface area contributed by atoms with Gasteiger partial charge >= 0.3 is 11.9 Å². The summed E-state index contributed by atoms with van der Waals surface area (Å²) in [6, 6.07) is 7.02. The Morgan fingerprint density at radius 3 is 2.31 bits per heavy atom. The number of fused-ring (bicyclic) bond motifs is 1. The molecule has 0 amide bonds. The zero-order chi connectivity index (χ0) is 11.7. The monoisotopic (exact) mass is 218 g/mol. The molecular formula is C12H10O4. The molecule has 4 heteroatoms. The topological polar surface area (TPSA) is 74.6 Å². The van der Waals surface area contributed by atoms with Crippen molar-refractivity contribution in [2.24, 2.45) is 0 Å². The van der Waals surface area contributed by atoms with Crippen molar-refractivity contribution in [3.05, 3.63) is 41.0 Å². The maximum atomic E-state index is 11.1. The molecule has 0 bridgehead atoms. The first-order valence-electron chi connectivity index (χ1n) is 4.89. The van der Waals surface area contributed by atoms with E-state index in [2.05, 4.69) is 0 Å². The lowest BCUT2D eigenvalue weighted by atomic mass is 9.85. The van der Waals surface area contributed by atoms with Crippen LogP contribution in [0.3, 0.4) is 0 Å². The van der Waals surface area contributed by atoms with Gasteiger partial charge in [-0.3, -0.25) is 0 Å². The number of aliphatic carboxylic acids is 2. The highest BCUT2D eigenvalue weighted by molar-refractivity contribution is 6.22. The summed E-state index contributed by atoms with van der Waals surface area (Å²) in [5.74, 6) is -2.32. The Kier molecular flexibility index (Phi) is 2.48. The van der Waals surface area contributed by atoms with E-state index >= 15 is 0 Å². The molecule has 0 unspecified atom stereocenters. The number of benzene rings is 1. The SMILES string of the molecule is O=C(O)C1=C(C(=O)O)c2ccccc2CC1. The molecule has 16 heavy (non-hydrogen) atoms. The minimum atomic E-state index is -1.18. The highest BCUT2D eigenvalue weighted by atomic mass is 16.4. The van der Waals surface area contributed by atoms with Crippen LogP contribution in [0.4, 0.5) is 0 Å². The van der Waals surface area contributed by atoms with Crippen molar-refractivity contribution in [1.82, 2.24) is 0 Å². The second kappa shape index (κ2) is 3.81. The van der Waals surface area contributed by atoms with E-state index in [1.807, 2.05) is 12.1 Å². The minimum absolute atomic E-state index is 0.00815. The van der Waals surface area contributed by atoms with Crippen LogP contribution in [0.5, 0.6) is 0 Å². The van der Waals surface area contributed by atoms with Crippen LogP contribution in [0.25, 0.3) is 5.57 Å². The lowest BCUT2D eigenvalue weighted by Crippen LogP contribution is -2.16. The molecule has 2 N–H and O–H groups in total. The van der Waals surface area contributed by atoms with Crippen molar-refractivity contribution < 1.29 is 19.8 Å². The Morgan fingerprint density at radius 2 is 1.69 bits per heavy atom.